The summed E-state index contributed by atoms with van der Waals surface area (Å²) in [5.41, 5.74) is 2.50. The standard InChI is InChI=1S/C19H18FN5O2/c20-18-2-1-14(11-22-18)17-9-16(13-25-19(17)15(10-21)12-23-25)27-8-5-24-3-6-26-7-4-24/h1-2,9,11-13H,3-8H2. The molecule has 0 unspecified atom stereocenters. The fourth-order valence-electron chi connectivity index (χ4n) is 3.13. The van der Waals surface area contributed by atoms with Crippen molar-refractivity contribution in [2.24, 2.45) is 0 Å². The second-order valence-electron chi connectivity index (χ2n) is 6.22. The Morgan fingerprint density at radius 2 is 2.11 bits per heavy atom. The number of nitrogens with zero attached hydrogens (tertiary/aromatic N) is 5. The number of hydrogen-bond acceptors (Lipinski definition) is 6. The van der Waals surface area contributed by atoms with E-state index in [1.807, 2.05) is 6.07 Å². The molecule has 3 aromatic heterocycles. The molecule has 3 aromatic rings. The Bertz CT molecular complexity index is 974. The first-order valence-electron chi connectivity index (χ1n) is 8.71. The van der Waals surface area contributed by atoms with Crippen LogP contribution >= 0.6 is 0 Å². The zero-order chi connectivity index (χ0) is 18.6. The maximum Gasteiger partial charge on any atom is 0.212 e. The van der Waals surface area contributed by atoms with E-state index < -0.39 is 5.95 Å². The van der Waals surface area contributed by atoms with Crippen LogP contribution in [0.5, 0.6) is 5.75 Å². The van der Waals surface area contributed by atoms with Gasteiger partial charge in [0.25, 0.3) is 0 Å². The van der Waals surface area contributed by atoms with Gasteiger partial charge in [-0.05, 0) is 18.2 Å². The molecule has 0 saturated carbocycles. The summed E-state index contributed by atoms with van der Waals surface area (Å²) in [5, 5.41) is 13.6. The van der Waals surface area contributed by atoms with E-state index in [-0.39, 0.29) is 0 Å². The van der Waals surface area contributed by atoms with E-state index in [0.717, 1.165) is 38.4 Å². The number of rotatable bonds is 5. The molecular weight excluding hydrogens is 349 g/mol. The van der Waals surface area contributed by atoms with Gasteiger partial charge in [-0.2, -0.15) is 14.8 Å². The van der Waals surface area contributed by atoms with E-state index >= 15 is 0 Å². The van der Waals surface area contributed by atoms with Gasteiger partial charge in [-0.15, -0.1) is 0 Å². The van der Waals surface area contributed by atoms with Gasteiger partial charge in [0.15, 0.2) is 0 Å². The van der Waals surface area contributed by atoms with Crippen LogP contribution in [-0.2, 0) is 4.74 Å². The largest absolute Gasteiger partial charge is 0.491 e. The van der Waals surface area contributed by atoms with Gasteiger partial charge in [-0.1, -0.05) is 0 Å². The molecule has 0 aliphatic carbocycles. The maximum atomic E-state index is 13.2. The van der Waals surface area contributed by atoms with Crippen LogP contribution in [0, 0.1) is 17.3 Å². The first-order chi connectivity index (χ1) is 13.2. The molecule has 0 spiro atoms. The van der Waals surface area contributed by atoms with E-state index in [1.54, 1.807) is 16.8 Å². The molecule has 4 rings (SSSR count). The lowest BCUT2D eigenvalue weighted by molar-refractivity contribution is 0.0322. The zero-order valence-corrected chi connectivity index (χ0v) is 14.6. The van der Waals surface area contributed by atoms with Crippen molar-refractivity contribution in [2.45, 2.75) is 0 Å². The number of fused-ring (bicyclic) bond motifs is 1. The Hall–Kier alpha value is -3.02. The number of morpholine rings is 1. The minimum atomic E-state index is -0.554. The summed E-state index contributed by atoms with van der Waals surface area (Å²) >= 11 is 0. The fraction of sp³-hybridized carbons (Fsp3) is 0.316. The summed E-state index contributed by atoms with van der Waals surface area (Å²) in [6.07, 6.45) is 4.69. The molecule has 138 valence electrons. The average Bonchev–Trinajstić information content (AvgIpc) is 3.12. The smallest absolute Gasteiger partial charge is 0.212 e. The monoisotopic (exact) mass is 367 g/mol. The zero-order valence-electron chi connectivity index (χ0n) is 14.6. The summed E-state index contributed by atoms with van der Waals surface area (Å²) in [6.45, 7) is 4.63. The van der Waals surface area contributed by atoms with Crippen LogP contribution in [0.15, 0.2) is 36.8 Å². The number of pyridine rings is 2. The first-order valence-corrected chi connectivity index (χ1v) is 8.71. The van der Waals surface area contributed by atoms with E-state index in [0.29, 0.717) is 29.0 Å². The molecule has 1 saturated heterocycles. The molecule has 1 fully saturated rings. The molecule has 0 amide bonds. The SMILES string of the molecule is N#Cc1cnn2cc(OCCN3CCOCC3)cc(-c3ccc(F)nc3)c12. The lowest BCUT2D eigenvalue weighted by atomic mass is 10.1. The summed E-state index contributed by atoms with van der Waals surface area (Å²) in [7, 11) is 0. The molecule has 0 N–H and O–H groups in total. The number of ether oxygens (including phenoxy) is 2. The topological polar surface area (TPSA) is 75.7 Å². The highest BCUT2D eigenvalue weighted by atomic mass is 19.1. The lowest BCUT2D eigenvalue weighted by Gasteiger charge is -2.26. The molecule has 1 aliphatic rings. The second kappa shape index (κ2) is 7.70. The number of hydrogen-bond donors (Lipinski definition) is 0. The van der Waals surface area contributed by atoms with Crippen molar-refractivity contribution in [1.82, 2.24) is 19.5 Å². The predicted molar refractivity (Wildman–Crippen MR) is 95.9 cm³/mol. The summed E-state index contributed by atoms with van der Waals surface area (Å²) < 4.78 is 26.1. The Morgan fingerprint density at radius 1 is 1.26 bits per heavy atom. The molecular formula is C19H18FN5O2. The number of nitriles is 1. The molecule has 7 nitrogen and oxygen atoms in total. The molecule has 1 aliphatic heterocycles. The van der Waals surface area contributed by atoms with Crippen molar-refractivity contribution >= 4 is 5.52 Å². The Kier molecular flexibility index (Phi) is 4.96. The van der Waals surface area contributed by atoms with Crippen molar-refractivity contribution < 1.29 is 13.9 Å². The van der Waals surface area contributed by atoms with Crippen LogP contribution in [0.3, 0.4) is 0 Å². The Balaban J connectivity index is 1.62. The van der Waals surface area contributed by atoms with Crippen molar-refractivity contribution in [1.29, 1.82) is 5.26 Å². The van der Waals surface area contributed by atoms with Gasteiger partial charge in [-0.25, -0.2) is 9.50 Å². The maximum absolute atomic E-state index is 13.2. The molecule has 8 heteroatoms. The predicted octanol–water partition coefficient (Wildman–Crippen LogP) is 2.12. The highest BCUT2D eigenvalue weighted by Crippen LogP contribution is 2.30. The summed E-state index contributed by atoms with van der Waals surface area (Å²) in [4.78, 5) is 6.00. The van der Waals surface area contributed by atoms with Gasteiger partial charge in [0.1, 0.15) is 18.4 Å². The van der Waals surface area contributed by atoms with Crippen molar-refractivity contribution in [3.63, 3.8) is 0 Å². The van der Waals surface area contributed by atoms with Gasteiger partial charge in [-0.3, -0.25) is 4.90 Å². The van der Waals surface area contributed by atoms with Crippen molar-refractivity contribution in [3.05, 3.63) is 48.3 Å². The molecule has 0 radical (unpaired) electrons. The van der Waals surface area contributed by atoms with Crippen molar-refractivity contribution in [3.8, 4) is 22.9 Å². The highest BCUT2D eigenvalue weighted by molar-refractivity contribution is 5.84. The minimum absolute atomic E-state index is 0.439. The Morgan fingerprint density at radius 3 is 2.85 bits per heavy atom. The molecule has 0 atom stereocenters. The molecule has 0 bridgehead atoms. The normalized spacial score (nSPS) is 15.0. The van der Waals surface area contributed by atoms with E-state index in [9.17, 15) is 9.65 Å². The summed E-state index contributed by atoms with van der Waals surface area (Å²) in [6, 6.07) is 6.90. The quantitative estimate of drug-likeness (QED) is 0.643. The lowest BCUT2D eigenvalue weighted by Crippen LogP contribution is -2.38. The van der Waals surface area contributed by atoms with Gasteiger partial charge < -0.3 is 9.47 Å². The van der Waals surface area contributed by atoms with Crippen LogP contribution in [0.1, 0.15) is 5.56 Å². The van der Waals surface area contributed by atoms with Gasteiger partial charge in [0, 0.05) is 37.0 Å². The molecule has 27 heavy (non-hydrogen) atoms. The molecule has 0 aromatic carbocycles. The third-order valence-electron chi connectivity index (χ3n) is 4.53. The average molecular weight is 367 g/mol. The van der Waals surface area contributed by atoms with E-state index in [4.69, 9.17) is 9.47 Å². The van der Waals surface area contributed by atoms with Gasteiger partial charge in [0.2, 0.25) is 5.95 Å². The minimum Gasteiger partial charge on any atom is -0.491 e. The van der Waals surface area contributed by atoms with Crippen LogP contribution in [0.4, 0.5) is 4.39 Å². The van der Waals surface area contributed by atoms with Crippen molar-refractivity contribution in [2.75, 3.05) is 39.5 Å². The van der Waals surface area contributed by atoms with Gasteiger partial charge >= 0.3 is 0 Å². The summed E-state index contributed by atoms with van der Waals surface area (Å²) in [5.74, 6) is 0.0735. The first kappa shape index (κ1) is 17.4. The third-order valence-corrected chi connectivity index (χ3v) is 4.53. The number of aromatic nitrogens is 3. The van der Waals surface area contributed by atoms with Gasteiger partial charge in [0.05, 0.1) is 36.7 Å². The number of halogens is 1. The molecule has 4 heterocycles. The second-order valence-corrected chi connectivity index (χ2v) is 6.22. The Labute approximate surface area is 155 Å². The van der Waals surface area contributed by atoms with Crippen LogP contribution < -0.4 is 4.74 Å². The highest BCUT2D eigenvalue weighted by Gasteiger charge is 2.15. The van der Waals surface area contributed by atoms with Crippen LogP contribution in [0.25, 0.3) is 16.6 Å². The van der Waals surface area contributed by atoms with Crippen LogP contribution in [0.2, 0.25) is 0 Å². The third kappa shape index (κ3) is 3.74. The fourth-order valence-corrected chi connectivity index (χ4v) is 3.13. The van der Waals surface area contributed by atoms with E-state index in [2.05, 4.69) is 21.1 Å². The van der Waals surface area contributed by atoms with E-state index in [1.165, 1.54) is 18.5 Å². The van der Waals surface area contributed by atoms with Crippen LogP contribution in [-0.4, -0.2) is 59.0 Å².